The zero-order valence-electron chi connectivity index (χ0n) is 20.3. The number of rotatable bonds is 2. The molecule has 0 unspecified atom stereocenters. The maximum absolute atomic E-state index is 5.42. The van der Waals surface area contributed by atoms with Gasteiger partial charge in [0.15, 0.2) is 0 Å². The van der Waals surface area contributed by atoms with Gasteiger partial charge in [0, 0.05) is 27.6 Å². The summed E-state index contributed by atoms with van der Waals surface area (Å²) in [5, 5.41) is 2.56. The Hall–Kier alpha value is -4.48. The summed E-state index contributed by atoms with van der Waals surface area (Å²) >= 11 is 1.24. The van der Waals surface area contributed by atoms with Crippen LogP contribution in [0.15, 0.2) is 84.9 Å². The van der Waals surface area contributed by atoms with E-state index in [9.17, 15) is 0 Å². The van der Waals surface area contributed by atoms with Crippen LogP contribution in [0, 0.1) is 13.8 Å². The van der Waals surface area contributed by atoms with Crippen LogP contribution in [0.1, 0.15) is 11.1 Å². The third-order valence-electron chi connectivity index (χ3n) is 7.54. The minimum Gasteiger partial charge on any atom is -0.243 e. The van der Waals surface area contributed by atoms with E-state index in [1.807, 2.05) is 12.1 Å². The van der Waals surface area contributed by atoms with Crippen LogP contribution in [-0.2, 0) is 0 Å². The zero-order chi connectivity index (χ0) is 24.7. The van der Waals surface area contributed by atoms with Crippen molar-refractivity contribution in [2.75, 3.05) is 0 Å². The Bertz CT molecular complexity index is 1900. The lowest BCUT2D eigenvalue weighted by Gasteiger charge is -2.14. The average Bonchev–Trinajstić information content (AvgIpc) is 3.53. The second kappa shape index (κ2) is 7.51. The molecule has 5 heteroatoms. The summed E-state index contributed by atoms with van der Waals surface area (Å²) < 4.78 is 9.58. The number of fused-ring (bicyclic) bond motifs is 5. The van der Waals surface area contributed by atoms with Crippen molar-refractivity contribution >= 4 is 44.6 Å². The van der Waals surface area contributed by atoms with Crippen molar-refractivity contribution in [3.63, 3.8) is 0 Å². The first-order valence-corrected chi connectivity index (χ1v) is 13.1. The first kappa shape index (κ1) is 20.7. The quantitative estimate of drug-likeness (QED) is 0.243. The van der Waals surface area contributed by atoms with E-state index in [-0.39, 0.29) is 0 Å². The third kappa shape index (κ3) is 2.77. The van der Waals surface area contributed by atoms with E-state index in [2.05, 4.69) is 86.6 Å². The maximum Gasteiger partial charge on any atom is 0.115 e. The number of aryl methyl sites for hydroxylation is 2. The monoisotopic (exact) mass is 492 g/mol. The third-order valence-corrected chi connectivity index (χ3v) is 8.07. The van der Waals surface area contributed by atoms with E-state index < -0.39 is 0 Å². The van der Waals surface area contributed by atoms with Gasteiger partial charge in [-0.15, -0.1) is 0 Å². The van der Waals surface area contributed by atoms with Crippen molar-refractivity contribution in [3.05, 3.63) is 96.1 Å². The fraction of sp³-hybridized carbons (Fsp3) is 0.0625. The van der Waals surface area contributed by atoms with Gasteiger partial charge in [-0.3, -0.25) is 0 Å². The van der Waals surface area contributed by atoms with Gasteiger partial charge in [0.05, 0.1) is 23.1 Å². The number of hydrogen-bond donors (Lipinski definition) is 0. The molecule has 1 aliphatic carbocycles. The molecule has 0 saturated carbocycles. The maximum atomic E-state index is 5.42. The molecule has 5 aromatic carbocycles. The molecular formula is C32H20N4S. The fourth-order valence-electron chi connectivity index (χ4n) is 5.92. The fourth-order valence-corrected chi connectivity index (χ4v) is 6.48. The van der Waals surface area contributed by atoms with Gasteiger partial charge in [0.25, 0.3) is 0 Å². The standard InChI is InChI=1S/C32H20N4S/c1-17-13-15-21-26-22(16-14-18(2)23(17)26)28-27(21)33-29-24(19-9-5-3-6-10-19)31-32(36-37-35-31)25(30(29)34-28)20-11-7-4-8-12-20/h3-16H,1-2H3. The Morgan fingerprint density at radius 1 is 0.486 bits per heavy atom. The summed E-state index contributed by atoms with van der Waals surface area (Å²) in [4.78, 5) is 10.8. The van der Waals surface area contributed by atoms with Crippen LogP contribution in [0.3, 0.4) is 0 Å². The number of hydrogen-bond acceptors (Lipinski definition) is 5. The Morgan fingerprint density at radius 2 is 0.946 bits per heavy atom. The van der Waals surface area contributed by atoms with Crippen LogP contribution >= 0.6 is 11.7 Å². The highest BCUT2D eigenvalue weighted by atomic mass is 32.1. The molecule has 0 bridgehead atoms. The molecule has 0 saturated heterocycles. The minimum absolute atomic E-state index is 0.863. The van der Waals surface area contributed by atoms with Gasteiger partial charge >= 0.3 is 0 Å². The van der Waals surface area contributed by atoms with Crippen LogP contribution in [0.4, 0.5) is 0 Å². The molecule has 174 valence electrons. The Labute approximate surface area is 217 Å². The second-order valence-corrected chi connectivity index (χ2v) is 10.2. The highest BCUT2D eigenvalue weighted by molar-refractivity contribution is 7.00. The van der Waals surface area contributed by atoms with Crippen molar-refractivity contribution < 1.29 is 0 Å². The van der Waals surface area contributed by atoms with Gasteiger partial charge in [-0.2, -0.15) is 8.75 Å². The topological polar surface area (TPSA) is 51.6 Å². The summed E-state index contributed by atoms with van der Waals surface area (Å²) in [7, 11) is 0. The molecule has 0 atom stereocenters. The van der Waals surface area contributed by atoms with Gasteiger partial charge in [0.2, 0.25) is 0 Å². The van der Waals surface area contributed by atoms with E-state index in [0.29, 0.717) is 0 Å². The molecule has 0 radical (unpaired) electrons. The van der Waals surface area contributed by atoms with Crippen molar-refractivity contribution in [3.8, 4) is 44.8 Å². The van der Waals surface area contributed by atoms with E-state index in [0.717, 1.165) is 66.8 Å². The zero-order valence-corrected chi connectivity index (χ0v) is 21.1. The summed E-state index contributed by atoms with van der Waals surface area (Å²) in [5.74, 6) is 0. The minimum atomic E-state index is 0.863. The molecule has 8 rings (SSSR count). The molecule has 0 aliphatic heterocycles. The smallest absolute Gasteiger partial charge is 0.115 e. The molecule has 4 nitrogen and oxygen atoms in total. The average molecular weight is 493 g/mol. The second-order valence-electron chi connectivity index (χ2n) is 9.67. The first-order chi connectivity index (χ1) is 18.2. The normalized spacial score (nSPS) is 12.1. The molecule has 1 aliphatic rings. The van der Waals surface area contributed by atoms with E-state index >= 15 is 0 Å². The molecule has 37 heavy (non-hydrogen) atoms. The van der Waals surface area contributed by atoms with Gasteiger partial charge in [-0.05, 0) is 41.5 Å². The first-order valence-electron chi connectivity index (χ1n) is 12.3. The van der Waals surface area contributed by atoms with Crippen LogP contribution in [-0.4, -0.2) is 18.7 Å². The lowest BCUT2D eigenvalue weighted by molar-refractivity contribution is 1.32. The van der Waals surface area contributed by atoms with E-state index in [4.69, 9.17) is 18.7 Å². The summed E-state index contributed by atoms with van der Waals surface area (Å²) in [6.45, 7) is 4.37. The molecular weight excluding hydrogens is 472 g/mol. The van der Waals surface area contributed by atoms with Gasteiger partial charge in [-0.25, -0.2) is 9.97 Å². The number of aromatic nitrogens is 4. The highest BCUT2D eigenvalue weighted by Gasteiger charge is 2.29. The van der Waals surface area contributed by atoms with Gasteiger partial charge in [-0.1, -0.05) is 84.9 Å². The van der Waals surface area contributed by atoms with Crippen molar-refractivity contribution in [2.45, 2.75) is 13.8 Å². The largest absolute Gasteiger partial charge is 0.243 e. The van der Waals surface area contributed by atoms with Crippen molar-refractivity contribution in [1.29, 1.82) is 0 Å². The Kier molecular flexibility index (Phi) is 4.20. The van der Waals surface area contributed by atoms with Gasteiger partial charge in [0.1, 0.15) is 22.1 Å². The lowest BCUT2D eigenvalue weighted by Crippen LogP contribution is -1.97. The number of nitrogens with zero attached hydrogens (tertiary/aromatic N) is 4. The Balaban J connectivity index is 1.59. The molecule has 7 aromatic rings. The van der Waals surface area contributed by atoms with Crippen molar-refractivity contribution in [2.24, 2.45) is 0 Å². The molecule has 0 fully saturated rings. The predicted molar refractivity (Wildman–Crippen MR) is 153 cm³/mol. The number of benzene rings is 5. The Morgan fingerprint density at radius 3 is 1.41 bits per heavy atom. The van der Waals surface area contributed by atoms with Crippen LogP contribution < -0.4 is 0 Å². The molecule has 0 spiro atoms. The molecule has 2 heterocycles. The molecule has 0 N–H and O–H groups in total. The molecule has 2 aromatic heterocycles. The van der Waals surface area contributed by atoms with Crippen molar-refractivity contribution in [1.82, 2.24) is 18.7 Å². The van der Waals surface area contributed by atoms with E-state index in [1.165, 1.54) is 33.6 Å². The predicted octanol–water partition coefficient (Wildman–Crippen LogP) is 8.39. The summed E-state index contributed by atoms with van der Waals surface area (Å²) in [6, 6.07) is 29.6. The lowest BCUT2D eigenvalue weighted by atomic mass is 9.94. The summed E-state index contributed by atoms with van der Waals surface area (Å²) in [6.07, 6.45) is 0. The van der Waals surface area contributed by atoms with Crippen LogP contribution in [0.2, 0.25) is 0 Å². The summed E-state index contributed by atoms with van der Waals surface area (Å²) in [5.41, 5.74) is 14.3. The highest BCUT2D eigenvalue weighted by Crippen LogP contribution is 2.50. The van der Waals surface area contributed by atoms with Gasteiger partial charge < -0.3 is 0 Å². The van der Waals surface area contributed by atoms with Crippen LogP contribution in [0.25, 0.3) is 77.6 Å². The van der Waals surface area contributed by atoms with E-state index in [1.54, 1.807) is 0 Å². The van der Waals surface area contributed by atoms with Crippen LogP contribution in [0.5, 0.6) is 0 Å². The molecule has 0 amide bonds. The SMILES string of the molecule is Cc1ccc2c3c(ccc(C)c13)-c1nc3c(-c4ccccc4)c4nsnc4c(-c4ccccc4)c3nc1-2.